The van der Waals surface area contributed by atoms with Crippen LogP contribution in [0.3, 0.4) is 0 Å². The first kappa shape index (κ1) is 13.9. The van der Waals surface area contributed by atoms with E-state index in [9.17, 15) is 4.79 Å². The molecule has 0 bridgehead atoms. The normalized spacial score (nSPS) is 17.1. The molecule has 4 nitrogen and oxygen atoms in total. The van der Waals surface area contributed by atoms with Crippen LogP contribution in [0.5, 0.6) is 0 Å². The molecule has 1 rings (SSSR count). The average molecular weight is 254 g/mol. The molecule has 0 aromatic rings. The minimum Gasteiger partial charge on any atom is -0.462 e. The molecule has 1 fully saturated rings. The first-order chi connectivity index (χ1) is 8.24. The molecule has 0 amide bonds. The average Bonchev–Trinajstić information content (AvgIpc) is 2.37. The van der Waals surface area contributed by atoms with Crippen LogP contribution in [0.15, 0.2) is 10.6 Å². The largest absolute Gasteiger partial charge is 0.462 e. The van der Waals surface area contributed by atoms with Gasteiger partial charge in [-0.15, -0.1) is 11.8 Å². The Morgan fingerprint density at radius 3 is 2.53 bits per heavy atom. The topological polar surface area (TPSA) is 53.3 Å². The standard InChI is InChI=1S/C12H18N2O2S/c1-3-16-12(15)10(9-13)11(17-2)14-7-5-4-6-8-14/h3-8H2,1-2H3. The van der Waals surface area contributed by atoms with Crippen molar-refractivity contribution in [3.63, 3.8) is 0 Å². The Morgan fingerprint density at radius 2 is 2.06 bits per heavy atom. The van der Waals surface area contributed by atoms with Crippen molar-refractivity contribution in [2.24, 2.45) is 0 Å². The molecule has 0 aromatic heterocycles. The lowest BCUT2D eigenvalue weighted by Crippen LogP contribution is -2.30. The Labute approximate surface area is 107 Å². The van der Waals surface area contributed by atoms with Crippen molar-refractivity contribution < 1.29 is 9.53 Å². The van der Waals surface area contributed by atoms with Gasteiger partial charge >= 0.3 is 5.97 Å². The first-order valence-corrected chi connectivity index (χ1v) is 7.07. The lowest BCUT2D eigenvalue weighted by Gasteiger charge is -2.30. The maximum atomic E-state index is 11.7. The number of esters is 1. The molecule has 0 radical (unpaired) electrons. The van der Waals surface area contributed by atoms with Gasteiger partial charge in [0.05, 0.1) is 11.6 Å². The van der Waals surface area contributed by atoms with E-state index < -0.39 is 5.97 Å². The summed E-state index contributed by atoms with van der Waals surface area (Å²) in [4.78, 5) is 13.8. The fourth-order valence-electron chi connectivity index (χ4n) is 1.87. The summed E-state index contributed by atoms with van der Waals surface area (Å²) in [6.07, 6.45) is 5.34. The number of rotatable bonds is 4. The molecule has 0 N–H and O–H groups in total. The van der Waals surface area contributed by atoms with Gasteiger partial charge in [0.15, 0.2) is 5.57 Å². The predicted molar refractivity (Wildman–Crippen MR) is 68.2 cm³/mol. The van der Waals surface area contributed by atoms with Crippen molar-refractivity contribution in [2.45, 2.75) is 26.2 Å². The van der Waals surface area contributed by atoms with Crippen LogP contribution < -0.4 is 0 Å². The van der Waals surface area contributed by atoms with Gasteiger partial charge in [0, 0.05) is 13.1 Å². The smallest absolute Gasteiger partial charge is 0.351 e. The first-order valence-electron chi connectivity index (χ1n) is 5.85. The number of piperidine rings is 1. The highest BCUT2D eigenvalue weighted by molar-refractivity contribution is 8.02. The van der Waals surface area contributed by atoms with Crippen LogP contribution in [0.1, 0.15) is 26.2 Å². The SMILES string of the molecule is CCOC(=O)C(C#N)=C(SC)N1CCCCC1. The Bertz CT molecular complexity index is 341. The van der Waals surface area contributed by atoms with Gasteiger partial charge in [-0.05, 0) is 32.4 Å². The third-order valence-electron chi connectivity index (χ3n) is 2.64. The molecule has 0 spiro atoms. The fourth-order valence-corrected chi connectivity index (χ4v) is 2.64. The van der Waals surface area contributed by atoms with Crippen LogP contribution in [0.2, 0.25) is 0 Å². The Hall–Kier alpha value is -1.15. The van der Waals surface area contributed by atoms with Gasteiger partial charge < -0.3 is 9.64 Å². The van der Waals surface area contributed by atoms with Crippen molar-refractivity contribution in [2.75, 3.05) is 26.0 Å². The summed E-state index contributed by atoms with van der Waals surface area (Å²) in [6.45, 7) is 3.87. The molecule has 0 saturated carbocycles. The van der Waals surface area contributed by atoms with Crippen LogP contribution in [-0.2, 0) is 9.53 Å². The zero-order chi connectivity index (χ0) is 12.7. The lowest BCUT2D eigenvalue weighted by molar-refractivity contribution is -0.138. The maximum Gasteiger partial charge on any atom is 0.351 e. The van der Waals surface area contributed by atoms with Gasteiger partial charge in [0.1, 0.15) is 6.07 Å². The lowest BCUT2D eigenvalue weighted by atomic mass is 10.1. The van der Waals surface area contributed by atoms with Crippen LogP contribution in [-0.4, -0.2) is 36.8 Å². The fraction of sp³-hybridized carbons (Fsp3) is 0.667. The van der Waals surface area contributed by atoms with Crippen LogP contribution in [0.25, 0.3) is 0 Å². The third-order valence-corrected chi connectivity index (χ3v) is 3.49. The van der Waals surface area contributed by atoms with E-state index in [0.29, 0.717) is 6.61 Å². The zero-order valence-corrected chi connectivity index (χ0v) is 11.2. The summed E-state index contributed by atoms with van der Waals surface area (Å²) >= 11 is 1.45. The predicted octanol–water partition coefficient (Wildman–Crippen LogP) is 2.13. The summed E-state index contributed by atoms with van der Waals surface area (Å²) in [6, 6.07) is 1.98. The van der Waals surface area contributed by atoms with E-state index in [2.05, 4.69) is 4.90 Å². The Morgan fingerprint density at radius 1 is 1.41 bits per heavy atom. The number of thioether (sulfide) groups is 1. The second-order valence-electron chi connectivity index (χ2n) is 3.76. The molecule has 1 heterocycles. The number of likely N-dealkylation sites (tertiary alicyclic amines) is 1. The van der Waals surface area contributed by atoms with Crippen molar-refractivity contribution in [1.29, 1.82) is 5.26 Å². The van der Waals surface area contributed by atoms with E-state index in [4.69, 9.17) is 10.00 Å². The number of carbonyl (C=O) groups is 1. The number of nitriles is 1. The summed E-state index contributed by atoms with van der Waals surface area (Å²) in [5, 5.41) is 9.86. The molecular formula is C12H18N2O2S. The Balaban J connectivity index is 2.92. The monoisotopic (exact) mass is 254 g/mol. The molecule has 1 aliphatic heterocycles. The second-order valence-corrected chi connectivity index (χ2v) is 4.56. The second kappa shape index (κ2) is 7.23. The third kappa shape index (κ3) is 3.67. The summed E-state index contributed by atoms with van der Waals surface area (Å²) in [7, 11) is 0. The maximum absolute atomic E-state index is 11.7. The molecular weight excluding hydrogens is 236 g/mol. The zero-order valence-electron chi connectivity index (χ0n) is 10.4. The highest BCUT2D eigenvalue weighted by Gasteiger charge is 2.22. The van der Waals surface area contributed by atoms with Crippen molar-refractivity contribution in [1.82, 2.24) is 4.90 Å². The number of hydrogen-bond donors (Lipinski definition) is 0. The van der Waals surface area contributed by atoms with E-state index >= 15 is 0 Å². The summed E-state index contributed by atoms with van der Waals surface area (Å²) < 4.78 is 4.91. The molecule has 0 unspecified atom stereocenters. The summed E-state index contributed by atoms with van der Waals surface area (Å²) in [5.74, 6) is -0.509. The van der Waals surface area contributed by atoms with Gasteiger partial charge in [0.2, 0.25) is 0 Å². The minimum atomic E-state index is -0.509. The summed E-state index contributed by atoms with van der Waals surface area (Å²) in [5.41, 5.74) is 0.140. The number of hydrogen-bond acceptors (Lipinski definition) is 5. The van der Waals surface area contributed by atoms with Crippen LogP contribution >= 0.6 is 11.8 Å². The highest BCUT2D eigenvalue weighted by atomic mass is 32.2. The quantitative estimate of drug-likeness (QED) is 0.437. The van der Waals surface area contributed by atoms with Crippen molar-refractivity contribution >= 4 is 17.7 Å². The van der Waals surface area contributed by atoms with Gasteiger partial charge in [-0.1, -0.05) is 0 Å². The van der Waals surface area contributed by atoms with Crippen molar-refractivity contribution in [3.8, 4) is 6.07 Å². The molecule has 0 aromatic carbocycles. The van der Waals surface area contributed by atoms with E-state index in [1.165, 1.54) is 18.2 Å². The molecule has 1 saturated heterocycles. The van der Waals surface area contributed by atoms with E-state index in [1.807, 2.05) is 12.3 Å². The van der Waals surface area contributed by atoms with Gasteiger partial charge in [-0.3, -0.25) is 0 Å². The Kier molecular flexibility index (Phi) is 5.92. The number of nitrogens with zero attached hydrogens (tertiary/aromatic N) is 2. The van der Waals surface area contributed by atoms with Gasteiger partial charge in [0.25, 0.3) is 0 Å². The molecule has 0 atom stereocenters. The van der Waals surface area contributed by atoms with E-state index in [-0.39, 0.29) is 5.57 Å². The number of carbonyl (C=O) groups excluding carboxylic acids is 1. The van der Waals surface area contributed by atoms with Crippen LogP contribution in [0, 0.1) is 11.3 Å². The highest BCUT2D eigenvalue weighted by Crippen LogP contribution is 2.25. The molecule has 1 aliphatic rings. The minimum absolute atomic E-state index is 0.140. The van der Waals surface area contributed by atoms with Gasteiger partial charge in [-0.2, -0.15) is 5.26 Å². The molecule has 0 aliphatic carbocycles. The molecule has 5 heteroatoms. The van der Waals surface area contributed by atoms with E-state index in [0.717, 1.165) is 31.0 Å². The molecule has 17 heavy (non-hydrogen) atoms. The van der Waals surface area contributed by atoms with Crippen LogP contribution in [0.4, 0.5) is 0 Å². The molecule has 94 valence electrons. The van der Waals surface area contributed by atoms with Gasteiger partial charge in [-0.25, -0.2) is 4.79 Å². The van der Waals surface area contributed by atoms with E-state index in [1.54, 1.807) is 6.92 Å². The number of ether oxygens (including phenoxy) is 1. The van der Waals surface area contributed by atoms with Crippen molar-refractivity contribution in [3.05, 3.63) is 10.6 Å².